The lowest BCUT2D eigenvalue weighted by Gasteiger charge is -2.15. The molecular weight excluding hydrogens is 425 g/mol. The van der Waals surface area contributed by atoms with E-state index in [0.717, 1.165) is 12.8 Å². The van der Waals surface area contributed by atoms with E-state index in [4.69, 9.17) is 4.42 Å². The average molecular weight is 447 g/mol. The highest BCUT2D eigenvalue weighted by Crippen LogP contribution is 2.24. The van der Waals surface area contributed by atoms with Crippen LogP contribution in [0.4, 0.5) is 4.39 Å². The minimum absolute atomic E-state index is 0.0170. The number of rotatable bonds is 7. The first-order valence-electron chi connectivity index (χ1n) is 10.00. The second-order valence-electron chi connectivity index (χ2n) is 7.38. The van der Waals surface area contributed by atoms with Gasteiger partial charge in [0.15, 0.2) is 5.58 Å². The lowest BCUT2D eigenvalue weighted by molar-refractivity contribution is -0.121. The summed E-state index contributed by atoms with van der Waals surface area (Å²) in [6.45, 7) is 1.05. The molecule has 0 radical (unpaired) electrons. The van der Waals surface area contributed by atoms with Crippen LogP contribution in [0.1, 0.15) is 24.8 Å². The number of sulfonamides is 1. The first kappa shape index (κ1) is 21.3. The van der Waals surface area contributed by atoms with Gasteiger partial charge in [0.05, 0.1) is 10.4 Å². The number of carbonyl (C=O) groups is 1. The summed E-state index contributed by atoms with van der Waals surface area (Å²) < 4.78 is 47.0. The fraction of sp³-hybridized carbons (Fsp3) is 0.333. The van der Waals surface area contributed by atoms with Gasteiger partial charge in [0.2, 0.25) is 15.9 Å². The van der Waals surface area contributed by atoms with Crippen LogP contribution in [0.15, 0.2) is 56.6 Å². The van der Waals surface area contributed by atoms with E-state index in [9.17, 15) is 22.4 Å². The van der Waals surface area contributed by atoms with Crippen LogP contribution in [0.2, 0.25) is 0 Å². The highest BCUT2D eigenvalue weighted by Gasteiger charge is 2.28. The van der Waals surface area contributed by atoms with Gasteiger partial charge in [-0.3, -0.25) is 9.36 Å². The molecule has 1 aromatic heterocycles. The molecule has 0 atom stereocenters. The number of hydrogen-bond donors (Lipinski definition) is 1. The Morgan fingerprint density at radius 3 is 2.61 bits per heavy atom. The highest BCUT2D eigenvalue weighted by molar-refractivity contribution is 7.89. The van der Waals surface area contributed by atoms with Crippen molar-refractivity contribution in [2.45, 2.75) is 37.2 Å². The van der Waals surface area contributed by atoms with Crippen LogP contribution in [-0.2, 0) is 27.9 Å². The molecule has 0 aliphatic carbocycles. The lowest BCUT2D eigenvalue weighted by atomic mass is 10.2. The summed E-state index contributed by atoms with van der Waals surface area (Å²) in [7, 11) is -3.63. The maximum absolute atomic E-state index is 13.6. The average Bonchev–Trinajstić information content (AvgIpc) is 3.39. The number of halogens is 1. The molecule has 1 fully saturated rings. The van der Waals surface area contributed by atoms with Crippen LogP contribution in [0, 0.1) is 5.82 Å². The van der Waals surface area contributed by atoms with Crippen molar-refractivity contribution in [2.75, 3.05) is 13.1 Å². The molecule has 2 aromatic carbocycles. The molecular formula is C21H22FN3O5S. The third-order valence-electron chi connectivity index (χ3n) is 5.34. The topological polar surface area (TPSA) is 102 Å². The van der Waals surface area contributed by atoms with Crippen molar-refractivity contribution in [3.05, 3.63) is 64.4 Å². The Labute approximate surface area is 178 Å². The van der Waals surface area contributed by atoms with Crippen molar-refractivity contribution in [1.29, 1.82) is 0 Å². The molecule has 0 bridgehead atoms. The van der Waals surface area contributed by atoms with E-state index in [1.807, 2.05) is 0 Å². The van der Waals surface area contributed by atoms with Crippen molar-refractivity contribution >= 4 is 27.0 Å². The Bertz CT molecular complexity index is 1280. The van der Waals surface area contributed by atoms with E-state index in [2.05, 4.69) is 5.32 Å². The van der Waals surface area contributed by atoms with Crippen LogP contribution in [0.3, 0.4) is 0 Å². The highest BCUT2D eigenvalue weighted by atomic mass is 32.2. The predicted octanol–water partition coefficient (Wildman–Crippen LogP) is 2.22. The van der Waals surface area contributed by atoms with E-state index >= 15 is 0 Å². The molecule has 2 heterocycles. The number of aryl methyl sites for hydroxylation is 1. The van der Waals surface area contributed by atoms with E-state index < -0.39 is 21.6 Å². The fourth-order valence-corrected chi connectivity index (χ4v) is 5.17. The number of nitrogens with one attached hydrogen (secondary N) is 1. The van der Waals surface area contributed by atoms with Crippen molar-refractivity contribution in [3.63, 3.8) is 0 Å². The standard InChI is InChI=1S/C21H22FN3O5S/c22-17-6-2-1-5-15(17)14-23-20(26)9-12-25-18-8-7-16(13-19(18)30-21(25)27)31(28,29)24-10-3-4-11-24/h1-2,5-8,13H,3-4,9-12,14H2,(H,23,26). The molecule has 0 unspecified atom stereocenters. The second-order valence-corrected chi connectivity index (χ2v) is 9.32. The van der Waals surface area contributed by atoms with E-state index in [1.165, 1.54) is 33.1 Å². The number of benzene rings is 2. The summed E-state index contributed by atoms with van der Waals surface area (Å²) in [5.41, 5.74) is 0.929. The number of carbonyl (C=O) groups excluding carboxylic acids is 1. The Kier molecular flexibility index (Phi) is 5.92. The Morgan fingerprint density at radius 2 is 1.87 bits per heavy atom. The molecule has 8 nitrogen and oxygen atoms in total. The van der Waals surface area contributed by atoms with Crippen molar-refractivity contribution in [1.82, 2.24) is 14.2 Å². The molecule has 1 aliphatic rings. The van der Waals surface area contributed by atoms with Crippen LogP contribution < -0.4 is 11.1 Å². The molecule has 1 N–H and O–H groups in total. The van der Waals surface area contributed by atoms with Crippen LogP contribution >= 0.6 is 0 Å². The zero-order chi connectivity index (χ0) is 22.0. The smallest absolute Gasteiger partial charge is 0.408 e. The quantitative estimate of drug-likeness (QED) is 0.599. The Balaban J connectivity index is 1.46. The molecule has 31 heavy (non-hydrogen) atoms. The van der Waals surface area contributed by atoms with Gasteiger partial charge in [0.1, 0.15) is 5.82 Å². The molecule has 0 spiro atoms. The number of amides is 1. The summed E-state index contributed by atoms with van der Waals surface area (Å²) in [5.74, 6) is -1.43. The SMILES string of the molecule is O=C(CCn1c(=O)oc2cc(S(=O)(=O)N3CCCC3)ccc21)NCc1ccccc1F. The van der Waals surface area contributed by atoms with E-state index in [-0.39, 0.29) is 35.9 Å². The molecule has 1 saturated heterocycles. The molecule has 3 aromatic rings. The summed E-state index contributed by atoms with van der Waals surface area (Å²) in [6, 6.07) is 10.5. The van der Waals surface area contributed by atoms with Crippen LogP contribution in [0.25, 0.3) is 11.1 Å². The van der Waals surface area contributed by atoms with E-state index in [0.29, 0.717) is 24.2 Å². The van der Waals surface area contributed by atoms with Gasteiger partial charge in [-0.15, -0.1) is 0 Å². The fourth-order valence-electron chi connectivity index (χ4n) is 3.63. The number of nitrogens with zero attached hydrogens (tertiary/aromatic N) is 2. The first-order valence-corrected chi connectivity index (χ1v) is 11.4. The van der Waals surface area contributed by atoms with Gasteiger partial charge in [-0.05, 0) is 31.0 Å². The third-order valence-corrected chi connectivity index (χ3v) is 7.23. The summed E-state index contributed by atoms with van der Waals surface area (Å²) in [6.07, 6.45) is 1.63. The third kappa shape index (κ3) is 4.40. The van der Waals surface area contributed by atoms with Gasteiger partial charge in [-0.1, -0.05) is 18.2 Å². The van der Waals surface area contributed by atoms with Crippen molar-refractivity contribution in [2.24, 2.45) is 0 Å². The molecule has 1 aliphatic heterocycles. The largest absolute Gasteiger partial charge is 0.419 e. The minimum Gasteiger partial charge on any atom is -0.408 e. The monoisotopic (exact) mass is 447 g/mol. The number of oxazole rings is 1. The van der Waals surface area contributed by atoms with Gasteiger partial charge >= 0.3 is 5.76 Å². The number of aromatic nitrogens is 1. The zero-order valence-electron chi connectivity index (χ0n) is 16.7. The molecule has 1 amide bonds. The maximum Gasteiger partial charge on any atom is 0.419 e. The number of fused-ring (bicyclic) bond motifs is 1. The lowest BCUT2D eigenvalue weighted by Crippen LogP contribution is -2.27. The van der Waals surface area contributed by atoms with Crippen molar-refractivity contribution in [3.8, 4) is 0 Å². The summed E-state index contributed by atoms with van der Waals surface area (Å²) >= 11 is 0. The molecule has 4 rings (SSSR count). The van der Waals surface area contributed by atoms with Crippen molar-refractivity contribution < 1.29 is 22.0 Å². The Morgan fingerprint density at radius 1 is 1.13 bits per heavy atom. The molecule has 10 heteroatoms. The van der Waals surface area contributed by atoms with Crippen LogP contribution in [-0.4, -0.2) is 36.3 Å². The zero-order valence-corrected chi connectivity index (χ0v) is 17.5. The maximum atomic E-state index is 13.6. The predicted molar refractivity (Wildman–Crippen MR) is 111 cm³/mol. The summed E-state index contributed by atoms with van der Waals surface area (Å²) in [4.78, 5) is 24.5. The Hall–Kier alpha value is -2.98. The van der Waals surface area contributed by atoms with Gasteiger partial charge in [-0.2, -0.15) is 4.31 Å². The van der Waals surface area contributed by atoms with Gasteiger partial charge in [-0.25, -0.2) is 17.6 Å². The van der Waals surface area contributed by atoms with Gasteiger partial charge in [0, 0.05) is 44.2 Å². The molecule has 164 valence electrons. The normalized spacial score (nSPS) is 14.9. The second kappa shape index (κ2) is 8.64. The van der Waals surface area contributed by atoms with E-state index in [1.54, 1.807) is 18.2 Å². The van der Waals surface area contributed by atoms with Gasteiger partial charge in [0.25, 0.3) is 0 Å². The van der Waals surface area contributed by atoms with Crippen LogP contribution in [0.5, 0.6) is 0 Å². The number of hydrogen-bond acceptors (Lipinski definition) is 5. The minimum atomic E-state index is -3.63. The molecule has 0 saturated carbocycles. The van der Waals surface area contributed by atoms with Gasteiger partial charge < -0.3 is 9.73 Å². The summed E-state index contributed by atoms with van der Waals surface area (Å²) in [5, 5.41) is 2.62. The first-order chi connectivity index (χ1) is 14.9.